The summed E-state index contributed by atoms with van der Waals surface area (Å²) in [5.74, 6) is 1.37. The van der Waals surface area contributed by atoms with Gasteiger partial charge in [-0.1, -0.05) is 54.6 Å². The molecule has 2 N–H and O–H groups in total. The predicted octanol–water partition coefficient (Wildman–Crippen LogP) is 4.45. The Morgan fingerprint density at radius 3 is 2.41 bits per heavy atom. The Morgan fingerprint density at radius 2 is 1.66 bits per heavy atom. The van der Waals surface area contributed by atoms with Gasteiger partial charge in [0.25, 0.3) is 0 Å². The summed E-state index contributed by atoms with van der Waals surface area (Å²) in [4.78, 5) is 8.59. The van der Waals surface area contributed by atoms with Gasteiger partial charge in [0.15, 0.2) is 5.96 Å². The maximum atomic E-state index is 5.80. The average Bonchev–Trinajstić information content (AvgIpc) is 2.74. The minimum Gasteiger partial charge on any atom is -0.473 e. The average molecular weight is 502 g/mol. The van der Waals surface area contributed by atoms with Crippen molar-refractivity contribution in [2.75, 3.05) is 7.05 Å². The van der Waals surface area contributed by atoms with Crippen molar-refractivity contribution in [1.29, 1.82) is 0 Å². The largest absolute Gasteiger partial charge is 0.473 e. The maximum Gasteiger partial charge on any atom is 0.213 e. The van der Waals surface area contributed by atoms with Crippen LogP contribution in [0.15, 0.2) is 77.9 Å². The molecule has 0 radical (unpaired) electrons. The van der Waals surface area contributed by atoms with Gasteiger partial charge in [-0.2, -0.15) is 0 Å². The Kier molecular flexibility index (Phi) is 9.43. The monoisotopic (exact) mass is 502 g/mol. The van der Waals surface area contributed by atoms with E-state index in [9.17, 15) is 0 Å². The molecule has 0 fully saturated rings. The van der Waals surface area contributed by atoms with Crippen molar-refractivity contribution >= 4 is 29.9 Å². The van der Waals surface area contributed by atoms with E-state index in [0.717, 1.165) is 23.6 Å². The number of hydrogen-bond acceptors (Lipinski definition) is 3. The van der Waals surface area contributed by atoms with Crippen molar-refractivity contribution < 1.29 is 4.74 Å². The Morgan fingerprint density at radius 1 is 0.931 bits per heavy atom. The number of benzene rings is 2. The first kappa shape index (κ1) is 22.7. The van der Waals surface area contributed by atoms with Crippen LogP contribution in [0.2, 0.25) is 0 Å². The van der Waals surface area contributed by atoms with E-state index in [1.54, 1.807) is 13.2 Å². The summed E-state index contributed by atoms with van der Waals surface area (Å²) in [7, 11) is 1.77. The molecule has 2 aromatic carbocycles. The molecule has 0 unspecified atom stereocenters. The summed E-state index contributed by atoms with van der Waals surface area (Å²) in [6, 6.07) is 22.3. The number of halogens is 1. The number of guanidine groups is 1. The normalized spacial score (nSPS) is 10.8. The highest BCUT2D eigenvalue weighted by molar-refractivity contribution is 14.0. The molecule has 1 aromatic heterocycles. The molecular formula is C23H27IN4O. The van der Waals surface area contributed by atoms with Crippen molar-refractivity contribution in [2.45, 2.75) is 26.6 Å². The molecule has 0 aliphatic carbocycles. The number of pyridine rings is 1. The lowest BCUT2D eigenvalue weighted by Gasteiger charge is -2.13. The molecule has 6 heteroatoms. The Hall–Kier alpha value is -2.61. The highest BCUT2D eigenvalue weighted by atomic mass is 127. The summed E-state index contributed by atoms with van der Waals surface area (Å²) in [5, 5.41) is 6.68. The van der Waals surface area contributed by atoms with Crippen LogP contribution >= 0.6 is 24.0 Å². The van der Waals surface area contributed by atoms with E-state index in [0.29, 0.717) is 19.0 Å². The zero-order chi connectivity index (χ0) is 19.6. The fraction of sp³-hybridized carbons (Fsp3) is 0.217. The molecule has 0 aliphatic heterocycles. The van der Waals surface area contributed by atoms with Crippen molar-refractivity contribution in [1.82, 2.24) is 15.6 Å². The number of nitrogens with zero attached hydrogens (tertiary/aromatic N) is 2. The van der Waals surface area contributed by atoms with E-state index in [2.05, 4.69) is 39.7 Å². The molecule has 3 rings (SSSR count). The fourth-order valence-electron chi connectivity index (χ4n) is 2.76. The third kappa shape index (κ3) is 7.38. The molecule has 0 amide bonds. The van der Waals surface area contributed by atoms with Crippen LogP contribution in [-0.2, 0) is 19.7 Å². The van der Waals surface area contributed by atoms with Crippen LogP contribution in [0.5, 0.6) is 5.88 Å². The molecule has 0 bridgehead atoms. The molecular weight excluding hydrogens is 475 g/mol. The highest BCUT2D eigenvalue weighted by Crippen LogP contribution is 2.12. The molecule has 5 nitrogen and oxygen atoms in total. The minimum absolute atomic E-state index is 0. The van der Waals surface area contributed by atoms with Crippen LogP contribution in [-0.4, -0.2) is 18.0 Å². The summed E-state index contributed by atoms with van der Waals surface area (Å²) < 4.78 is 5.80. The van der Waals surface area contributed by atoms with Gasteiger partial charge >= 0.3 is 0 Å². The number of ether oxygens (including phenoxy) is 1. The van der Waals surface area contributed by atoms with Crippen LogP contribution in [0, 0.1) is 6.92 Å². The molecule has 152 valence electrons. The Labute approximate surface area is 189 Å². The van der Waals surface area contributed by atoms with E-state index < -0.39 is 0 Å². The van der Waals surface area contributed by atoms with Crippen LogP contribution in [0.1, 0.15) is 22.3 Å². The lowest BCUT2D eigenvalue weighted by molar-refractivity contribution is 0.293. The molecule has 29 heavy (non-hydrogen) atoms. The molecule has 0 atom stereocenters. The summed E-state index contributed by atoms with van der Waals surface area (Å²) in [5.41, 5.74) is 4.72. The summed E-state index contributed by atoms with van der Waals surface area (Å²) >= 11 is 0. The van der Waals surface area contributed by atoms with Crippen molar-refractivity contribution in [3.8, 4) is 5.88 Å². The van der Waals surface area contributed by atoms with Crippen molar-refractivity contribution in [2.24, 2.45) is 4.99 Å². The van der Waals surface area contributed by atoms with Gasteiger partial charge in [0.1, 0.15) is 6.61 Å². The maximum absolute atomic E-state index is 5.80. The van der Waals surface area contributed by atoms with Gasteiger partial charge in [0.05, 0.1) is 0 Å². The van der Waals surface area contributed by atoms with Gasteiger partial charge < -0.3 is 15.4 Å². The second-order valence-corrected chi connectivity index (χ2v) is 6.48. The second kappa shape index (κ2) is 12.1. The number of nitrogens with one attached hydrogen (secondary N) is 2. The fourth-order valence-corrected chi connectivity index (χ4v) is 2.76. The molecule has 1 heterocycles. The third-order valence-electron chi connectivity index (χ3n) is 4.42. The highest BCUT2D eigenvalue weighted by Gasteiger charge is 2.03. The van der Waals surface area contributed by atoms with Crippen LogP contribution in [0.25, 0.3) is 0 Å². The van der Waals surface area contributed by atoms with Gasteiger partial charge in [-0.05, 0) is 35.2 Å². The Balaban J connectivity index is 0.00000300. The molecule has 3 aromatic rings. The van der Waals surface area contributed by atoms with Crippen molar-refractivity contribution in [3.05, 3.63) is 95.2 Å². The van der Waals surface area contributed by atoms with E-state index in [-0.39, 0.29) is 24.0 Å². The zero-order valence-electron chi connectivity index (χ0n) is 16.8. The molecule has 0 aliphatic rings. The quantitative estimate of drug-likeness (QED) is 0.285. The smallest absolute Gasteiger partial charge is 0.213 e. The number of aliphatic imine (C=N–C) groups is 1. The van der Waals surface area contributed by atoms with E-state index in [1.807, 2.05) is 54.6 Å². The number of aryl methyl sites for hydroxylation is 1. The van der Waals surface area contributed by atoms with Gasteiger partial charge in [-0.25, -0.2) is 4.98 Å². The van der Waals surface area contributed by atoms with E-state index >= 15 is 0 Å². The minimum atomic E-state index is 0. The summed E-state index contributed by atoms with van der Waals surface area (Å²) in [6.07, 6.45) is 1.76. The Bertz CT molecular complexity index is 916. The van der Waals surface area contributed by atoms with Gasteiger partial charge in [0, 0.05) is 32.4 Å². The topological polar surface area (TPSA) is 58.5 Å². The first-order valence-electron chi connectivity index (χ1n) is 9.35. The zero-order valence-corrected chi connectivity index (χ0v) is 19.1. The van der Waals surface area contributed by atoms with Gasteiger partial charge in [-0.3, -0.25) is 4.99 Å². The first-order chi connectivity index (χ1) is 13.7. The molecule has 0 spiro atoms. The van der Waals surface area contributed by atoms with Crippen LogP contribution < -0.4 is 15.4 Å². The molecule has 0 saturated heterocycles. The lowest BCUT2D eigenvalue weighted by Crippen LogP contribution is -2.36. The van der Waals surface area contributed by atoms with E-state index in [1.165, 1.54) is 11.1 Å². The third-order valence-corrected chi connectivity index (χ3v) is 4.42. The standard InChI is InChI=1S/C23H26N4O.HI/c1-18-8-6-7-11-21(18)16-27-23(24-2)26-15-20-12-13-25-22(14-20)28-17-19-9-4-3-5-10-19;/h3-14H,15-17H2,1-2H3,(H2,24,26,27);1H. The predicted molar refractivity (Wildman–Crippen MR) is 129 cm³/mol. The SMILES string of the molecule is CN=C(NCc1ccnc(OCc2ccccc2)c1)NCc1ccccc1C.I. The van der Waals surface area contributed by atoms with Gasteiger partial charge in [-0.15, -0.1) is 24.0 Å². The van der Waals surface area contributed by atoms with Crippen LogP contribution in [0.3, 0.4) is 0 Å². The first-order valence-corrected chi connectivity index (χ1v) is 9.35. The number of aromatic nitrogens is 1. The van der Waals surface area contributed by atoms with Crippen molar-refractivity contribution in [3.63, 3.8) is 0 Å². The van der Waals surface area contributed by atoms with E-state index in [4.69, 9.17) is 4.74 Å². The lowest BCUT2D eigenvalue weighted by atomic mass is 10.1. The molecule has 0 saturated carbocycles. The second-order valence-electron chi connectivity index (χ2n) is 6.48. The van der Waals surface area contributed by atoms with Crippen LogP contribution in [0.4, 0.5) is 0 Å². The van der Waals surface area contributed by atoms with Gasteiger partial charge in [0.2, 0.25) is 5.88 Å². The number of rotatable bonds is 7. The summed E-state index contributed by atoms with van der Waals surface area (Å²) in [6.45, 7) is 3.98. The number of hydrogen-bond donors (Lipinski definition) is 2.